The fraction of sp³-hybridized carbons (Fsp3) is 0.660. The van der Waals surface area contributed by atoms with Crippen LogP contribution in [0.5, 0.6) is 0 Å². The van der Waals surface area contributed by atoms with Gasteiger partial charge in [0.25, 0.3) is 0 Å². The second-order valence-electron chi connectivity index (χ2n) is 19.4. The molecule has 0 amide bonds. The van der Waals surface area contributed by atoms with Gasteiger partial charge in [0.15, 0.2) is 12.4 Å². The number of hydrogen-bond acceptors (Lipinski definition) is 14. The van der Waals surface area contributed by atoms with E-state index >= 15 is 0 Å². The Labute approximate surface area is 401 Å². The first-order valence-corrected chi connectivity index (χ1v) is 24.7. The summed E-state index contributed by atoms with van der Waals surface area (Å²) < 4.78 is 43.9. The normalized spacial score (nSPS) is 44.2. The number of carboxylic acid groups (broad SMARTS) is 1. The summed E-state index contributed by atoms with van der Waals surface area (Å²) in [5, 5.41) is 63.9. The lowest BCUT2D eigenvalue weighted by Crippen LogP contribution is -2.59. The van der Waals surface area contributed by atoms with Crippen LogP contribution >= 0.6 is 0 Å². The minimum absolute atomic E-state index is 0.000574. The van der Waals surface area contributed by atoms with E-state index in [0.29, 0.717) is 32.1 Å². The van der Waals surface area contributed by atoms with Crippen LogP contribution in [-0.2, 0) is 42.7 Å². The first-order valence-electron chi connectivity index (χ1n) is 24.7. The number of aliphatic hydroxyl groups is 5. The van der Waals surface area contributed by atoms with Gasteiger partial charge in [-0.2, -0.15) is 0 Å². The second kappa shape index (κ2) is 26.0. The Hall–Kier alpha value is -3.58. The van der Waals surface area contributed by atoms with E-state index in [2.05, 4.69) is 19.9 Å². The number of allylic oxidation sites excluding steroid dienone is 7. The molecular formula is C53H76O15. The Bertz CT molecular complexity index is 1870. The number of fused-ring (bicyclic) bond motifs is 13. The maximum atomic E-state index is 13.1. The van der Waals surface area contributed by atoms with Crippen molar-refractivity contribution in [2.24, 2.45) is 17.8 Å². The summed E-state index contributed by atoms with van der Waals surface area (Å²) >= 11 is 0. The zero-order valence-corrected chi connectivity index (χ0v) is 40.1. The summed E-state index contributed by atoms with van der Waals surface area (Å²) in [7, 11) is 0. The van der Waals surface area contributed by atoms with Crippen molar-refractivity contribution in [1.82, 2.24) is 0 Å². The molecule has 0 spiro atoms. The molecule has 0 saturated carbocycles. The van der Waals surface area contributed by atoms with E-state index in [1.165, 1.54) is 6.08 Å². The molecule has 7 aliphatic heterocycles. The smallest absolute Gasteiger partial charge is 0.331 e. The summed E-state index contributed by atoms with van der Waals surface area (Å²) in [6.45, 7) is 9.62. The lowest BCUT2D eigenvalue weighted by molar-refractivity contribution is -0.309. The number of esters is 1. The minimum atomic E-state index is -1.59. The maximum Gasteiger partial charge on any atom is 0.331 e. The van der Waals surface area contributed by atoms with Gasteiger partial charge in [0, 0.05) is 37.2 Å². The molecule has 0 unspecified atom stereocenters. The van der Waals surface area contributed by atoms with Gasteiger partial charge in [-0.3, -0.25) is 4.79 Å². The highest BCUT2D eigenvalue weighted by Gasteiger charge is 2.47. The summed E-state index contributed by atoms with van der Waals surface area (Å²) in [6.07, 6.45) is 20.1. The number of carbonyl (C=O) groups excluding carboxylic acids is 1. The van der Waals surface area contributed by atoms with Gasteiger partial charge < -0.3 is 63.8 Å². The van der Waals surface area contributed by atoms with Crippen molar-refractivity contribution in [3.63, 3.8) is 0 Å². The average Bonchev–Trinajstić information content (AvgIpc) is 3.66. The first-order chi connectivity index (χ1) is 32.6. The maximum absolute atomic E-state index is 13.1. The SMILES string of the molecule is C/C(=C\[C@H](C)CCCCC(=O)O)[C@@H]1O[C@@H]2C=C[C@@H]1OC(=O)/C=C/C=C/C=C/[C@H]1O[C@H]3C[C@@H]1O[C@@H](/C=C/C[C@H]1O[C@H](C[C@H](O)[C@H]1C)[C@@H](O)[C@@H](O[C@H]1O[C@@H](C)[C@H](O)[C@@H](O)[C@@H]1O)/C=C/CC/C=C/C2)[C@@H]3C. The molecule has 0 aromatic carbocycles. The van der Waals surface area contributed by atoms with E-state index in [4.69, 9.17) is 38.3 Å². The molecule has 6 N–H and O–H groups in total. The van der Waals surface area contributed by atoms with Crippen molar-refractivity contribution in [3.8, 4) is 0 Å². The van der Waals surface area contributed by atoms with Crippen LogP contribution in [0.25, 0.3) is 0 Å². The minimum Gasteiger partial charge on any atom is -0.481 e. The average molecular weight is 953 g/mol. The fourth-order valence-electron chi connectivity index (χ4n) is 9.78. The summed E-state index contributed by atoms with van der Waals surface area (Å²) in [5.41, 5.74) is 0.912. The second-order valence-corrected chi connectivity index (χ2v) is 19.4. The highest BCUT2D eigenvalue weighted by molar-refractivity contribution is 5.82. The van der Waals surface area contributed by atoms with Crippen molar-refractivity contribution in [1.29, 1.82) is 0 Å². The number of aliphatic carboxylic acids is 1. The quantitative estimate of drug-likeness (QED) is 0.0935. The molecule has 0 radical (unpaired) electrons. The summed E-state index contributed by atoms with van der Waals surface area (Å²) in [4.78, 5) is 24.1. The Kier molecular flexibility index (Phi) is 20.6. The molecule has 4 fully saturated rings. The fourth-order valence-corrected chi connectivity index (χ4v) is 9.78. The van der Waals surface area contributed by atoms with E-state index < -0.39 is 85.4 Å². The lowest BCUT2D eigenvalue weighted by Gasteiger charge is -2.43. The third-order valence-corrected chi connectivity index (χ3v) is 14.0. The van der Waals surface area contributed by atoms with E-state index in [0.717, 1.165) is 24.8 Å². The van der Waals surface area contributed by atoms with Gasteiger partial charge in [0.2, 0.25) is 0 Å². The van der Waals surface area contributed by atoms with Crippen molar-refractivity contribution in [3.05, 3.63) is 96.7 Å². The van der Waals surface area contributed by atoms with Crippen molar-refractivity contribution in [2.45, 2.75) is 203 Å². The molecule has 7 rings (SSSR count). The van der Waals surface area contributed by atoms with E-state index in [-0.39, 0.29) is 61.1 Å². The molecule has 0 aromatic rings. The number of rotatable bonds is 9. The molecular weight excluding hydrogens is 877 g/mol. The molecule has 4 saturated heterocycles. The van der Waals surface area contributed by atoms with Crippen molar-refractivity contribution < 1.29 is 73.4 Å². The van der Waals surface area contributed by atoms with Crippen LogP contribution in [0.15, 0.2) is 96.7 Å². The predicted octanol–water partition coefficient (Wildman–Crippen LogP) is 5.65. The van der Waals surface area contributed by atoms with Crippen LogP contribution in [0.3, 0.4) is 0 Å². The Balaban J connectivity index is 1.21. The molecule has 15 heteroatoms. The zero-order valence-electron chi connectivity index (χ0n) is 40.1. The van der Waals surface area contributed by atoms with Gasteiger partial charge in [-0.25, -0.2) is 4.79 Å². The number of unbranched alkanes of at least 4 members (excludes halogenated alkanes) is 1. The molecule has 7 heterocycles. The highest BCUT2D eigenvalue weighted by atomic mass is 16.7. The van der Waals surface area contributed by atoms with Gasteiger partial charge in [-0.15, -0.1) is 0 Å². The summed E-state index contributed by atoms with van der Waals surface area (Å²) in [5.74, 6) is -1.32. The Morgan fingerprint density at radius 2 is 1.47 bits per heavy atom. The molecule has 68 heavy (non-hydrogen) atoms. The summed E-state index contributed by atoms with van der Waals surface area (Å²) in [6, 6.07) is 0. The molecule has 20 atom stereocenters. The Morgan fingerprint density at radius 1 is 0.706 bits per heavy atom. The Morgan fingerprint density at radius 3 is 2.26 bits per heavy atom. The first kappa shape index (κ1) is 53.8. The number of carbonyl (C=O) groups is 2. The number of carboxylic acids is 1. The molecule has 15 nitrogen and oxygen atoms in total. The number of hydrogen-bond donors (Lipinski definition) is 6. The number of aliphatic hydroxyl groups excluding tert-OH is 5. The van der Waals surface area contributed by atoms with Crippen LogP contribution < -0.4 is 0 Å². The third-order valence-electron chi connectivity index (χ3n) is 14.0. The molecule has 378 valence electrons. The standard InChI is InChI=1S/C53H76O15/c1-31(18-15-16-24-46(55)56)28-32(2)52-42-27-26-36(63-52)19-11-7-6-8-13-21-41(68-53-51(61)50(60)48(58)35(5)62-53)49(59)45-29-37(54)33(3)38(65-45)22-17-23-39-34(4)43-30-44(64-39)40(66-43)20-12-9-10-14-25-47(57)67-42/h7,9-14,17,20-21,23,25-28,31,33-45,48-54,58-61H,6,8,15-16,18-19,22,24,29-30H2,1-5H3,(H,55,56)/b10-9+,11-7+,20-12+,21-13+,23-17+,25-14+,32-28+/t31-,33-,34+,35+,36+,37+,38-,39+,40-,41+,42+,43+,44+,45-,48+,49+,50-,51+,52+,53-/m1/s1. The molecule has 7 bridgehead atoms. The third kappa shape index (κ3) is 15.0. The lowest BCUT2D eigenvalue weighted by atomic mass is 9.85. The largest absolute Gasteiger partial charge is 0.481 e. The van der Waals surface area contributed by atoms with Crippen LogP contribution in [0.4, 0.5) is 0 Å². The van der Waals surface area contributed by atoms with E-state index in [1.54, 1.807) is 25.2 Å². The van der Waals surface area contributed by atoms with Crippen LogP contribution in [0.1, 0.15) is 98.8 Å². The molecule has 0 aliphatic carbocycles. The van der Waals surface area contributed by atoms with Crippen LogP contribution in [0, 0.1) is 17.8 Å². The van der Waals surface area contributed by atoms with E-state index in [1.807, 2.05) is 74.6 Å². The highest BCUT2D eigenvalue weighted by Crippen LogP contribution is 2.39. The monoisotopic (exact) mass is 953 g/mol. The molecule has 7 aliphatic rings. The van der Waals surface area contributed by atoms with Crippen LogP contribution in [-0.4, -0.2) is 147 Å². The van der Waals surface area contributed by atoms with Gasteiger partial charge in [0.1, 0.15) is 42.7 Å². The zero-order chi connectivity index (χ0) is 48.9. The van der Waals surface area contributed by atoms with Gasteiger partial charge in [-0.1, -0.05) is 106 Å². The number of ether oxygens (including phenoxy) is 7. The van der Waals surface area contributed by atoms with Gasteiger partial charge >= 0.3 is 11.9 Å². The molecule has 0 aromatic heterocycles. The topological polar surface area (TPSA) is 220 Å². The predicted molar refractivity (Wildman–Crippen MR) is 253 cm³/mol. The van der Waals surface area contributed by atoms with Crippen molar-refractivity contribution >= 4 is 11.9 Å². The van der Waals surface area contributed by atoms with Crippen molar-refractivity contribution in [2.75, 3.05) is 0 Å². The van der Waals surface area contributed by atoms with Gasteiger partial charge in [0.05, 0.1) is 48.8 Å². The van der Waals surface area contributed by atoms with Gasteiger partial charge in [-0.05, 0) is 69.9 Å². The van der Waals surface area contributed by atoms with E-state index in [9.17, 15) is 35.1 Å². The van der Waals surface area contributed by atoms with Crippen LogP contribution in [0.2, 0.25) is 0 Å².